The van der Waals surface area contributed by atoms with Gasteiger partial charge < -0.3 is 19.4 Å². The summed E-state index contributed by atoms with van der Waals surface area (Å²) in [7, 11) is 1.97. The van der Waals surface area contributed by atoms with E-state index in [-0.39, 0.29) is 24.4 Å². The van der Waals surface area contributed by atoms with Gasteiger partial charge in [0.05, 0.1) is 11.0 Å². The largest absolute Gasteiger partial charge is 0.336 e. The van der Waals surface area contributed by atoms with Crippen LogP contribution in [-0.4, -0.2) is 49.5 Å². The van der Waals surface area contributed by atoms with Crippen molar-refractivity contribution in [1.29, 1.82) is 0 Å². The van der Waals surface area contributed by atoms with Crippen LogP contribution in [0.15, 0.2) is 36.7 Å². The molecule has 0 spiro atoms. The van der Waals surface area contributed by atoms with Gasteiger partial charge in [0.1, 0.15) is 24.2 Å². The van der Waals surface area contributed by atoms with Crippen molar-refractivity contribution < 1.29 is 4.79 Å². The highest BCUT2D eigenvalue weighted by Gasteiger charge is 2.30. The van der Waals surface area contributed by atoms with E-state index in [1.165, 1.54) is 0 Å². The molecular formula is C19H25ClN6O. The molecule has 4 rings (SSSR count). The van der Waals surface area contributed by atoms with Crippen LogP contribution in [0.2, 0.25) is 0 Å². The fourth-order valence-electron chi connectivity index (χ4n) is 3.73. The molecule has 2 aromatic heterocycles. The van der Waals surface area contributed by atoms with Gasteiger partial charge in [-0.15, -0.1) is 12.4 Å². The summed E-state index contributed by atoms with van der Waals surface area (Å²) in [6.45, 7) is 4.60. The Morgan fingerprint density at radius 1 is 1.33 bits per heavy atom. The molecule has 3 heterocycles. The number of carbonyl (C=O) groups excluding carboxylic acids is 1. The topological polar surface area (TPSA) is 68.0 Å². The van der Waals surface area contributed by atoms with Crippen LogP contribution in [0.25, 0.3) is 11.0 Å². The number of hydrogen-bond acceptors (Lipinski definition) is 4. The average molecular weight is 389 g/mol. The number of amides is 1. The van der Waals surface area contributed by atoms with Crippen LogP contribution in [-0.2, 0) is 24.8 Å². The third kappa shape index (κ3) is 3.57. The van der Waals surface area contributed by atoms with Crippen molar-refractivity contribution in [3.8, 4) is 0 Å². The Morgan fingerprint density at radius 3 is 2.89 bits per heavy atom. The van der Waals surface area contributed by atoms with E-state index in [1.807, 2.05) is 47.0 Å². The smallest absolute Gasteiger partial charge is 0.243 e. The van der Waals surface area contributed by atoms with E-state index >= 15 is 0 Å². The molecule has 1 unspecified atom stereocenters. The Kier molecular flexibility index (Phi) is 5.82. The molecule has 1 aliphatic heterocycles. The SMILES string of the molecule is CCc1nc2ccccc2n1CC(=O)N1CCNCC1c1nccn1C.Cl. The first kappa shape index (κ1) is 19.4. The maximum atomic E-state index is 13.2. The number of hydrogen-bond donors (Lipinski definition) is 1. The summed E-state index contributed by atoms with van der Waals surface area (Å²) < 4.78 is 4.04. The molecule has 1 amide bonds. The molecule has 1 fully saturated rings. The first-order valence-electron chi connectivity index (χ1n) is 9.10. The number of para-hydroxylation sites is 2. The Labute approximate surface area is 164 Å². The Hall–Kier alpha value is -2.38. The zero-order valence-corrected chi connectivity index (χ0v) is 16.4. The van der Waals surface area contributed by atoms with Crippen molar-refractivity contribution in [3.63, 3.8) is 0 Å². The van der Waals surface area contributed by atoms with E-state index in [4.69, 9.17) is 0 Å². The quantitative estimate of drug-likeness (QED) is 0.741. The molecule has 1 saturated heterocycles. The molecule has 1 N–H and O–H groups in total. The fraction of sp³-hybridized carbons (Fsp3) is 0.421. The molecule has 0 aliphatic carbocycles. The van der Waals surface area contributed by atoms with Crippen molar-refractivity contribution in [3.05, 3.63) is 48.3 Å². The lowest BCUT2D eigenvalue weighted by molar-refractivity contribution is -0.135. The number of nitrogens with zero attached hydrogens (tertiary/aromatic N) is 5. The zero-order valence-electron chi connectivity index (χ0n) is 15.6. The van der Waals surface area contributed by atoms with Crippen LogP contribution < -0.4 is 5.32 Å². The predicted octanol–water partition coefficient (Wildman–Crippen LogP) is 1.93. The van der Waals surface area contributed by atoms with Gasteiger partial charge in [0.15, 0.2) is 0 Å². The highest BCUT2D eigenvalue weighted by atomic mass is 35.5. The second kappa shape index (κ2) is 8.10. The van der Waals surface area contributed by atoms with E-state index in [0.29, 0.717) is 13.1 Å². The van der Waals surface area contributed by atoms with Gasteiger partial charge in [-0.1, -0.05) is 19.1 Å². The van der Waals surface area contributed by atoms with Crippen LogP contribution in [0.3, 0.4) is 0 Å². The van der Waals surface area contributed by atoms with Crippen molar-refractivity contribution >= 4 is 29.3 Å². The van der Waals surface area contributed by atoms with E-state index in [2.05, 4.69) is 26.8 Å². The second-order valence-corrected chi connectivity index (χ2v) is 6.66. The van der Waals surface area contributed by atoms with Crippen molar-refractivity contribution in [2.45, 2.75) is 25.9 Å². The van der Waals surface area contributed by atoms with Crippen molar-refractivity contribution in [2.75, 3.05) is 19.6 Å². The second-order valence-electron chi connectivity index (χ2n) is 6.66. The van der Waals surface area contributed by atoms with Gasteiger partial charge in [0, 0.05) is 45.5 Å². The Balaban J connectivity index is 0.00000210. The Morgan fingerprint density at radius 2 is 2.15 bits per heavy atom. The molecular weight excluding hydrogens is 364 g/mol. The summed E-state index contributed by atoms with van der Waals surface area (Å²) in [4.78, 5) is 24.3. The van der Waals surface area contributed by atoms with E-state index in [1.54, 1.807) is 6.20 Å². The lowest BCUT2D eigenvalue weighted by Crippen LogP contribution is -2.50. The van der Waals surface area contributed by atoms with Gasteiger partial charge in [-0.25, -0.2) is 9.97 Å². The molecule has 3 aromatic rings. The molecule has 0 bridgehead atoms. The lowest BCUT2D eigenvalue weighted by atomic mass is 10.1. The molecule has 0 radical (unpaired) electrons. The van der Waals surface area contributed by atoms with E-state index < -0.39 is 0 Å². The normalized spacial score (nSPS) is 17.1. The van der Waals surface area contributed by atoms with Gasteiger partial charge in [0.2, 0.25) is 5.91 Å². The molecule has 1 aromatic carbocycles. The molecule has 7 nitrogen and oxygen atoms in total. The number of aromatic nitrogens is 4. The maximum Gasteiger partial charge on any atom is 0.243 e. The van der Waals surface area contributed by atoms with Crippen molar-refractivity contribution in [2.24, 2.45) is 7.05 Å². The number of benzene rings is 1. The number of fused-ring (bicyclic) bond motifs is 1. The number of aryl methyl sites for hydroxylation is 2. The van der Waals surface area contributed by atoms with Crippen LogP contribution in [0.4, 0.5) is 0 Å². The van der Waals surface area contributed by atoms with Crippen LogP contribution in [0, 0.1) is 0 Å². The number of rotatable bonds is 4. The molecule has 0 saturated carbocycles. The summed E-state index contributed by atoms with van der Waals surface area (Å²) >= 11 is 0. The third-order valence-corrected chi connectivity index (χ3v) is 5.06. The predicted molar refractivity (Wildman–Crippen MR) is 107 cm³/mol. The van der Waals surface area contributed by atoms with Gasteiger partial charge >= 0.3 is 0 Å². The molecule has 1 aliphatic rings. The third-order valence-electron chi connectivity index (χ3n) is 5.06. The number of carbonyl (C=O) groups is 1. The number of nitrogens with one attached hydrogen (secondary N) is 1. The summed E-state index contributed by atoms with van der Waals surface area (Å²) in [5.41, 5.74) is 1.96. The van der Waals surface area contributed by atoms with Crippen molar-refractivity contribution in [1.82, 2.24) is 29.3 Å². The summed E-state index contributed by atoms with van der Waals surface area (Å²) in [6, 6.07) is 7.95. The van der Waals surface area contributed by atoms with Gasteiger partial charge in [-0.3, -0.25) is 4.79 Å². The summed E-state index contributed by atoms with van der Waals surface area (Å²) in [5, 5.41) is 3.38. The molecule has 27 heavy (non-hydrogen) atoms. The first-order chi connectivity index (χ1) is 12.7. The first-order valence-corrected chi connectivity index (χ1v) is 9.10. The number of imidazole rings is 2. The van der Waals surface area contributed by atoms with E-state index in [0.717, 1.165) is 42.2 Å². The van der Waals surface area contributed by atoms with Gasteiger partial charge in [-0.05, 0) is 12.1 Å². The lowest BCUT2D eigenvalue weighted by Gasteiger charge is -2.36. The van der Waals surface area contributed by atoms with Gasteiger partial charge in [-0.2, -0.15) is 0 Å². The number of piperazine rings is 1. The fourth-order valence-corrected chi connectivity index (χ4v) is 3.73. The standard InChI is InChI=1S/C19H24N6O.ClH/c1-3-17-22-14-6-4-5-7-15(14)25(17)13-18(26)24-11-8-20-12-16(24)19-21-9-10-23(19)2;/h4-7,9-10,16,20H,3,8,11-13H2,1-2H3;1H. The van der Waals surface area contributed by atoms with Crippen LogP contribution in [0.5, 0.6) is 0 Å². The minimum Gasteiger partial charge on any atom is -0.336 e. The average Bonchev–Trinajstić information content (AvgIpc) is 3.25. The zero-order chi connectivity index (χ0) is 18.1. The monoisotopic (exact) mass is 388 g/mol. The minimum absolute atomic E-state index is 0. The summed E-state index contributed by atoms with van der Waals surface area (Å²) in [6.07, 6.45) is 4.50. The van der Waals surface area contributed by atoms with Crippen LogP contribution >= 0.6 is 12.4 Å². The number of halogens is 1. The summed E-state index contributed by atoms with van der Waals surface area (Å²) in [5.74, 6) is 1.97. The highest BCUT2D eigenvalue weighted by Crippen LogP contribution is 2.22. The molecule has 144 valence electrons. The van der Waals surface area contributed by atoms with Gasteiger partial charge in [0.25, 0.3) is 0 Å². The van der Waals surface area contributed by atoms with Crippen LogP contribution in [0.1, 0.15) is 24.6 Å². The minimum atomic E-state index is -0.0453. The van der Waals surface area contributed by atoms with E-state index in [9.17, 15) is 4.79 Å². The Bertz CT molecular complexity index is 933. The maximum absolute atomic E-state index is 13.2. The highest BCUT2D eigenvalue weighted by molar-refractivity contribution is 5.85. The molecule has 8 heteroatoms. The molecule has 1 atom stereocenters.